The number of rotatable bonds is 5. The van der Waals surface area contributed by atoms with Gasteiger partial charge in [-0.1, -0.05) is 35.6 Å². The number of nitrogens with zero attached hydrogens (tertiary/aromatic N) is 3. The highest BCUT2D eigenvalue weighted by molar-refractivity contribution is 8.00. The van der Waals surface area contributed by atoms with E-state index in [0.29, 0.717) is 5.13 Å². The van der Waals surface area contributed by atoms with Gasteiger partial charge in [-0.2, -0.15) is 0 Å². The molecular formula is C13H14N4OS2. The Balaban J connectivity index is 1.52. The lowest BCUT2D eigenvalue weighted by atomic mass is 9.85. The Bertz CT molecular complexity index is 583. The summed E-state index contributed by atoms with van der Waals surface area (Å²) in [6, 6.07) is 3.95. The molecule has 0 aliphatic heterocycles. The number of amides is 1. The number of hydrogen-bond donors (Lipinski definition) is 1. The third-order valence-electron chi connectivity index (χ3n) is 3.20. The van der Waals surface area contributed by atoms with Gasteiger partial charge in [-0.3, -0.25) is 9.78 Å². The molecule has 2 heterocycles. The molecule has 0 bridgehead atoms. The Hall–Kier alpha value is -1.47. The Morgan fingerprint density at radius 1 is 1.45 bits per heavy atom. The topological polar surface area (TPSA) is 67.8 Å². The van der Waals surface area contributed by atoms with Gasteiger partial charge < -0.3 is 5.32 Å². The second-order valence-corrected chi connectivity index (χ2v) is 6.84. The molecule has 1 fully saturated rings. The summed E-state index contributed by atoms with van der Waals surface area (Å²) in [7, 11) is 0. The third-order valence-corrected chi connectivity index (χ3v) is 5.24. The van der Waals surface area contributed by atoms with Gasteiger partial charge in [-0.05, 0) is 24.5 Å². The van der Waals surface area contributed by atoms with E-state index in [1.165, 1.54) is 11.3 Å². The molecule has 5 nitrogen and oxygen atoms in total. The van der Waals surface area contributed by atoms with Crippen molar-refractivity contribution >= 4 is 34.1 Å². The Morgan fingerprint density at radius 3 is 3.05 bits per heavy atom. The van der Waals surface area contributed by atoms with Gasteiger partial charge in [0.1, 0.15) is 0 Å². The van der Waals surface area contributed by atoms with Crippen LogP contribution in [-0.2, 0) is 10.5 Å². The molecule has 104 valence electrons. The molecule has 0 saturated heterocycles. The Labute approximate surface area is 125 Å². The summed E-state index contributed by atoms with van der Waals surface area (Å²) < 4.78 is 0.859. The fraction of sp³-hybridized carbons (Fsp3) is 0.385. The van der Waals surface area contributed by atoms with Crippen molar-refractivity contribution in [2.24, 2.45) is 5.92 Å². The maximum atomic E-state index is 11.8. The lowest BCUT2D eigenvalue weighted by molar-refractivity contribution is -0.122. The molecule has 2 aromatic rings. The maximum absolute atomic E-state index is 11.8. The van der Waals surface area contributed by atoms with E-state index in [2.05, 4.69) is 20.5 Å². The number of hydrogen-bond acceptors (Lipinski definition) is 6. The minimum absolute atomic E-state index is 0.0798. The first-order chi connectivity index (χ1) is 9.81. The van der Waals surface area contributed by atoms with Crippen molar-refractivity contribution in [2.45, 2.75) is 29.4 Å². The van der Waals surface area contributed by atoms with Crippen molar-refractivity contribution in [3.8, 4) is 0 Å². The predicted molar refractivity (Wildman–Crippen MR) is 79.7 cm³/mol. The van der Waals surface area contributed by atoms with Gasteiger partial charge in [-0.25, -0.2) is 0 Å². The van der Waals surface area contributed by atoms with E-state index in [4.69, 9.17) is 0 Å². The minimum Gasteiger partial charge on any atom is -0.300 e. The van der Waals surface area contributed by atoms with E-state index >= 15 is 0 Å². The maximum Gasteiger partial charge on any atom is 0.229 e. The molecule has 0 atom stereocenters. The van der Waals surface area contributed by atoms with Gasteiger partial charge in [0.05, 0.1) is 0 Å². The van der Waals surface area contributed by atoms with Crippen LogP contribution in [0, 0.1) is 5.92 Å². The normalized spacial score (nSPS) is 14.8. The lowest BCUT2D eigenvalue weighted by Gasteiger charge is -2.23. The number of pyridine rings is 1. The summed E-state index contributed by atoms with van der Waals surface area (Å²) in [4.78, 5) is 15.9. The Kier molecular flexibility index (Phi) is 4.27. The highest BCUT2D eigenvalue weighted by Gasteiger charge is 2.25. The van der Waals surface area contributed by atoms with Crippen molar-refractivity contribution in [1.29, 1.82) is 0 Å². The molecular weight excluding hydrogens is 292 g/mol. The summed E-state index contributed by atoms with van der Waals surface area (Å²) >= 11 is 3.02. The van der Waals surface area contributed by atoms with Crippen LogP contribution in [0.2, 0.25) is 0 Å². The van der Waals surface area contributed by atoms with Crippen molar-refractivity contribution in [2.75, 3.05) is 5.32 Å². The fourth-order valence-electron chi connectivity index (χ4n) is 1.83. The number of carbonyl (C=O) groups is 1. The van der Waals surface area contributed by atoms with Crippen molar-refractivity contribution in [3.63, 3.8) is 0 Å². The highest BCUT2D eigenvalue weighted by atomic mass is 32.2. The second kappa shape index (κ2) is 6.32. The molecule has 1 saturated carbocycles. The first-order valence-corrected chi connectivity index (χ1v) is 8.27. The lowest BCUT2D eigenvalue weighted by Crippen LogP contribution is -2.27. The van der Waals surface area contributed by atoms with E-state index in [9.17, 15) is 4.79 Å². The second-order valence-electron chi connectivity index (χ2n) is 4.64. The van der Waals surface area contributed by atoms with E-state index in [1.54, 1.807) is 18.0 Å². The van der Waals surface area contributed by atoms with Gasteiger partial charge in [0, 0.05) is 24.1 Å². The zero-order valence-electron chi connectivity index (χ0n) is 10.8. The van der Waals surface area contributed by atoms with Crippen LogP contribution in [0.5, 0.6) is 0 Å². The summed E-state index contributed by atoms with van der Waals surface area (Å²) in [6.07, 6.45) is 6.74. The van der Waals surface area contributed by atoms with Crippen LogP contribution in [0.4, 0.5) is 5.13 Å². The smallest absolute Gasteiger partial charge is 0.229 e. The minimum atomic E-state index is 0.0798. The molecule has 7 heteroatoms. The molecule has 0 radical (unpaired) electrons. The van der Waals surface area contributed by atoms with Gasteiger partial charge >= 0.3 is 0 Å². The summed E-state index contributed by atoms with van der Waals surface area (Å²) in [6.45, 7) is 0. The number of aromatic nitrogens is 3. The van der Waals surface area contributed by atoms with Crippen LogP contribution in [0.15, 0.2) is 28.9 Å². The average Bonchev–Trinajstić information content (AvgIpc) is 2.83. The molecule has 1 aliphatic carbocycles. The van der Waals surface area contributed by atoms with Gasteiger partial charge in [0.15, 0.2) is 4.34 Å². The standard InChI is InChI=1S/C13H14N4OS2/c18-11(10-4-1-5-10)15-12-16-17-13(20-12)19-8-9-3-2-6-14-7-9/h2-3,6-7,10H,1,4-5,8H2,(H,15,16,18). The molecule has 1 amide bonds. The number of anilines is 1. The largest absolute Gasteiger partial charge is 0.300 e. The molecule has 2 aromatic heterocycles. The number of thioether (sulfide) groups is 1. The first kappa shape index (κ1) is 13.5. The highest BCUT2D eigenvalue weighted by Crippen LogP contribution is 2.30. The van der Waals surface area contributed by atoms with Crippen molar-refractivity contribution in [3.05, 3.63) is 30.1 Å². The van der Waals surface area contributed by atoms with Crippen molar-refractivity contribution < 1.29 is 4.79 Å². The molecule has 0 aromatic carbocycles. The van der Waals surface area contributed by atoms with Crippen LogP contribution in [0.25, 0.3) is 0 Å². The molecule has 0 unspecified atom stereocenters. The van der Waals surface area contributed by atoms with E-state index in [1.807, 2.05) is 18.3 Å². The molecule has 1 N–H and O–H groups in total. The fourth-order valence-corrected chi connectivity index (χ4v) is 3.51. The van der Waals surface area contributed by atoms with Crippen LogP contribution >= 0.6 is 23.1 Å². The number of nitrogens with one attached hydrogen (secondary N) is 1. The predicted octanol–water partition coefficient (Wildman–Crippen LogP) is 2.96. The zero-order chi connectivity index (χ0) is 13.8. The zero-order valence-corrected chi connectivity index (χ0v) is 12.4. The summed E-state index contributed by atoms with van der Waals surface area (Å²) in [5.41, 5.74) is 1.15. The SMILES string of the molecule is O=C(Nc1nnc(SCc2cccnc2)s1)C1CCC1. The third kappa shape index (κ3) is 3.34. The van der Waals surface area contributed by atoms with Crippen LogP contribution in [0.1, 0.15) is 24.8 Å². The summed E-state index contributed by atoms with van der Waals surface area (Å²) in [5, 5.41) is 11.5. The molecule has 1 aliphatic rings. The molecule has 3 rings (SSSR count). The first-order valence-electron chi connectivity index (χ1n) is 6.47. The van der Waals surface area contributed by atoms with Gasteiger partial charge in [0.25, 0.3) is 0 Å². The monoisotopic (exact) mass is 306 g/mol. The van der Waals surface area contributed by atoms with Crippen LogP contribution in [0.3, 0.4) is 0 Å². The Morgan fingerprint density at radius 2 is 2.35 bits per heavy atom. The van der Waals surface area contributed by atoms with E-state index in [0.717, 1.165) is 34.9 Å². The number of carbonyl (C=O) groups excluding carboxylic acids is 1. The van der Waals surface area contributed by atoms with E-state index in [-0.39, 0.29) is 11.8 Å². The molecule has 20 heavy (non-hydrogen) atoms. The quantitative estimate of drug-likeness (QED) is 0.679. The van der Waals surface area contributed by atoms with Crippen LogP contribution in [-0.4, -0.2) is 21.1 Å². The van der Waals surface area contributed by atoms with Gasteiger partial charge in [-0.15, -0.1) is 10.2 Å². The van der Waals surface area contributed by atoms with Crippen molar-refractivity contribution in [1.82, 2.24) is 15.2 Å². The van der Waals surface area contributed by atoms with Crippen LogP contribution < -0.4 is 5.32 Å². The molecule has 0 spiro atoms. The summed E-state index contributed by atoms with van der Waals surface area (Å²) in [5.74, 6) is 1.06. The van der Waals surface area contributed by atoms with Gasteiger partial charge in [0.2, 0.25) is 11.0 Å². The van der Waals surface area contributed by atoms with E-state index < -0.39 is 0 Å². The average molecular weight is 306 g/mol.